The molecule has 0 aliphatic rings. The second-order valence-corrected chi connectivity index (χ2v) is 3.49. The van der Waals surface area contributed by atoms with Gasteiger partial charge < -0.3 is 4.98 Å². The number of alkyl halides is 3. The van der Waals surface area contributed by atoms with E-state index in [9.17, 15) is 18.0 Å². The van der Waals surface area contributed by atoms with Crippen molar-refractivity contribution in [3.63, 3.8) is 0 Å². The van der Waals surface area contributed by atoms with Crippen LogP contribution in [0.3, 0.4) is 0 Å². The summed E-state index contributed by atoms with van der Waals surface area (Å²) >= 11 is 0. The second-order valence-electron chi connectivity index (χ2n) is 3.49. The highest BCUT2D eigenvalue weighted by Gasteiger charge is 2.30. The molecule has 0 saturated heterocycles. The maximum absolute atomic E-state index is 12.5. The summed E-state index contributed by atoms with van der Waals surface area (Å²) in [5, 5.41) is 0. The Morgan fingerprint density at radius 2 is 1.82 bits per heavy atom. The van der Waals surface area contributed by atoms with Crippen LogP contribution in [0.2, 0.25) is 0 Å². The Balaban J connectivity index is 2.55. The third kappa shape index (κ3) is 2.38. The molecule has 0 radical (unpaired) electrons. The SMILES string of the molecule is O=c1[nH]cccc1-c1cccc(C(F)(F)F)c1. The number of hydrogen-bond acceptors (Lipinski definition) is 1. The van der Waals surface area contributed by atoms with E-state index in [1.54, 1.807) is 6.07 Å². The lowest BCUT2D eigenvalue weighted by Gasteiger charge is -2.08. The van der Waals surface area contributed by atoms with Crippen molar-refractivity contribution in [2.45, 2.75) is 6.18 Å². The van der Waals surface area contributed by atoms with Crippen molar-refractivity contribution in [1.29, 1.82) is 0 Å². The molecule has 88 valence electrons. The Hall–Kier alpha value is -2.04. The molecule has 0 atom stereocenters. The Morgan fingerprint density at radius 1 is 1.06 bits per heavy atom. The first-order valence-corrected chi connectivity index (χ1v) is 4.84. The smallest absolute Gasteiger partial charge is 0.329 e. The van der Waals surface area contributed by atoms with E-state index in [0.29, 0.717) is 0 Å². The number of H-pyrrole nitrogens is 1. The molecule has 17 heavy (non-hydrogen) atoms. The molecule has 2 nitrogen and oxygen atoms in total. The minimum atomic E-state index is -4.41. The normalized spacial score (nSPS) is 11.5. The van der Waals surface area contributed by atoms with Gasteiger partial charge in [0.25, 0.3) is 5.56 Å². The van der Waals surface area contributed by atoms with Crippen LogP contribution >= 0.6 is 0 Å². The van der Waals surface area contributed by atoms with Crippen molar-refractivity contribution in [3.05, 3.63) is 58.5 Å². The van der Waals surface area contributed by atoms with Crippen LogP contribution < -0.4 is 5.56 Å². The molecule has 1 aromatic heterocycles. The van der Waals surface area contributed by atoms with Gasteiger partial charge in [-0.1, -0.05) is 12.1 Å². The first-order chi connectivity index (χ1) is 7.98. The number of aromatic nitrogens is 1. The van der Waals surface area contributed by atoms with E-state index in [-0.39, 0.29) is 11.1 Å². The maximum atomic E-state index is 12.5. The molecule has 1 heterocycles. The highest BCUT2D eigenvalue weighted by atomic mass is 19.4. The Labute approximate surface area is 94.7 Å². The number of hydrogen-bond donors (Lipinski definition) is 1. The molecular weight excluding hydrogens is 231 g/mol. The standard InChI is InChI=1S/C12H8F3NO/c13-12(14,15)9-4-1-3-8(7-9)10-5-2-6-16-11(10)17/h1-7H,(H,16,17). The van der Waals surface area contributed by atoms with E-state index >= 15 is 0 Å². The fraction of sp³-hybridized carbons (Fsp3) is 0.0833. The van der Waals surface area contributed by atoms with E-state index < -0.39 is 17.3 Å². The largest absolute Gasteiger partial charge is 0.416 e. The first kappa shape index (κ1) is 11.4. The quantitative estimate of drug-likeness (QED) is 0.815. The average molecular weight is 239 g/mol. The van der Waals surface area contributed by atoms with Gasteiger partial charge in [0.15, 0.2) is 0 Å². The van der Waals surface area contributed by atoms with Gasteiger partial charge in [-0.05, 0) is 29.8 Å². The lowest BCUT2D eigenvalue weighted by Crippen LogP contribution is -2.09. The number of aromatic amines is 1. The highest BCUT2D eigenvalue weighted by molar-refractivity contribution is 5.63. The zero-order valence-electron chi connectivity index (χ0n) is 8.58. The summed E-state index contributed by atoms with van der Waals surface area (Å²) in [6, 6.07) is 7.74. The van der Waals surface area contributed by atoms with Crippen LogP contribution in [0.25, 0.3) is 11.1 Å². The van der Waals surface area contributed by atoms with Crippen molar-refractivity contribution < 1.29 is 13.2 Å². The zero-order chi connectivity index (χ0) is 12.5. The van der Waals surface area contributed by atoms with Crippen molar-refractivity contribution in [1.82, 2.24) is 4.98 Å². The van der Waals surface area contributed by atoms with E-state index in [4.69, 9.17) is 0 Å². The minimum absolute atomic E-state index is 0.221. The molecular formula is C12H8F3NO. The van der Waals surface area contributed by atoms with Gasteiger partial charge in [0.2, 0.25) is 0 Å². The molecule has 5 heteroatoms. The van der Waals surface area contributed by atoms with E-state index in [1.165, 1.54) is 24.4 Å². The summed E-state index contributed by atoms with van der Waals surface area (Å²) in [4.78, 5) is 13.9. The van der Waals surface area contributed by atoms with E-state index in [1.807, 2.05) is 0 Å². The van der Waals surface area contributed by atoms with Crippen LogP contribution in [0.1, 0.15) is 5.56 Å². The summed E-state index contributed by atoms with van der Waals surface area (Å²) in [5.41, 5.74) is -0.703. The highest BCUT2D eigenvalue weighted by Crippen LogP contribution is 2.31. The fourth-order valence-corrected chi connectivity index (χ4v) is 1.51. The number of halogens is 3. The van der Waals surface area contributed by atoms with Crippen LogP contribution in [0.4, 0.5) is 13.2 Å². The predicted molar refractivity (Wildman–Crippen MR) is 57.5 cm³/mol. The molecule has 2 rings (SSSR count). The zero-order valence-corrected chi connectivity index (χ0v) is 8.58. The van der Waals surface area contributed by atoms with Crippen LogP contribution in [0.15, 0.2) is 47.4 Å². The Morgan fingerprint density at radius 3 is 2.47 bits per heavy atom. The van der Waals surface area contributed by atoms with Crippen LogP contribution in [0.5, 0.6) is 0 Å². The van der Waals surface area contributed by atoms with Gasteiger partial charge in [0.05, 0.1) is 5.56 Å². The van der Waals surface area contributed by atoms with Gasteiger partial charge in [-0.25, -0.2) is 0 Å². The van der Waals surface area contributed by atoms with E-state index in [0.717, 1.165) is 12.1 Å². The summed E-state index contributed by atoms with van der Waals surface area (Å²) < 4.78 is 37.5. The molecule has 0 fully saturated rings. The number of nitrogens with one attached hydrogen (secondary N) is 1. The van der Waals surface area contributed by atoms with Gasteiger partial charge >= 0.3 is 6.18 Å². The number of benzene rings is 1. The van der Waals surface area contributed by atoms with Crippen molar-refractivity contribution >= 4 is 0 Å². The van der Waals surface area contributed by atoms with Crippen molar-refractivity contribution in [3.8, 4) is 11.1 Å². The van der Waals surface area contributed by atoms with Gasteiger partial charge in [0, 0.05) is 11.8 Å². The van der Waals surface area contributed by atoms with Gasteiger partial charge in [-0.15, -0.1) is 0 Å². The number of rotatable bonds is 1. The third-order valence-electron chi connectivity index (χ3n) is 2.32. The molecule has 0 spiro atoms. The predicted octanol–water partition coefficient (Wildman–Crippen LogP) is 3.06. The van der Waals surface area contributed by atoms with Gasteiger partial charge in [-0.2, -0.15) is 13.2 Å². The minimum Gasteiger partial charge on any atom is -0.329 e. The maximum Gasteiger partial charge on any atom is 0.416 e. The molecule has 0 aliphatic heterocycles. The lowest BCUT2D eigenvalue weighted by molar-refractivity contribution is -0.137. The van der Waals surface area contributed by atoms with Crippen molar-refractivity contribution in [2.75, 3.05) is 0 Å². The van der Waals surface area contributed by atoms with E-state index in [2.05, 4.69) is 4.98 Å². The summed E-state index contributed by atoms with van der Waals surface area (Å²) in [7, 11) is 0. The fourth-order valence-electron chi connectivity index (χ4n) is 1.51. The van der Waals surface area contributed by atoms with Crippen LogP contribution in [0, 0.1) is 0 Å². The van der Waals surface area contributed by atoms with Gasteiger partial charge in [0.1, 0.15) is 0 Å². The van der Waals surface area contributed by atoms with Crippen LogP contribution in [-0.2, 0) is 6.18 Å². The molecule has 1 aromatic carbocycles. The van der Waals surface area contributed by atoms with Crippen LogP contribution in [-0.4, -0.2) is 4.98 Å². The first-order valence-electron chi connectivity index (χ1n) is 4.84. The summed E-state index contributed by atoms with van der Waals surface area (Å²) in [5.74, 6) is 0. The Kier molecular flexibility index (Phi) is 2.75. The molecule has 1 N–H and O–H groups in total. The molecule has 0 amide bonds. The Bertz CT molecular complexity index is 587. The van der Waals surface area contributed by atoms with Crippen molar-refractivity contribution in [2.24, 2.45) is 0 Å². The van der Waals surface area contributed by atoms with Gasteiger partial charge in [-0.3, -0.25) is 4.79 Å². The molecule has 0 saturated carbocycles. The third-order valence-corrected chi connectivity index (χ3v) is 2.32. The topological polar surface area (TPSA) is 32.9 Å². The summed E-state index contributed by atoms with van der Waals surface area (Å²) in [6.07, 6.45) is -2.98. The lowest BCUT2D eigenvalue weighted by atomic mass is 10.0. The average Bonchev–Trinajstić information content (AvgIpc) is 2.29. The molecule has 0 unspecified atom stereocenters. The molecule has 0 aliphatic carbocycles. The molecule has 0 bridgehead atoms. The molecule has 2 aromatic rings. The number of pyridine rings is 1. The summed E-state index contributed by atoms with van der Waals surface area (Å²) in [6.45, 7) is 0. The second kappa shape index (κ2) is 4.08. The monoisotopic (exact) mass is 239 g/mol.